The van der Waals surface area contributed by atoms with E-state index in [-0.39, 0.29) is 0 Å². The maximum absolute atomic E-state index is 6.12. The van der Waals surface area contributed by atoms with Crippen LogP contribution < -0.4 is 5.73 Å². The Labute approximate surface area is 148 Å². The van der Waals surface area contributed by atoms with Crippen molar-refractivity contribution in [3.8, 4) is 5.69 Å². The average Bonchev–Trinajstić information content (AvgIpc) is 2.95. The number of fused-ring (bicyclic) bond motifs is 1. The third kappa shape index (κ3) is 3.19. The molecule has 0 saturated carbocycles. The van der Waals surface area contributed by atoms with Gasteiger partial charge < -0.3 is 10.3 Å². The number of halogens is 1. The molecular weight excluding hydrogens is 318 g/mol. The summed E-state index contributed by atoms with van der Waals surface area (Å²) in [7, 11) is 0. The molecule has 1 atom stereocenters. The lowest BCUT2D eigenvalue weighted by molar-refractivity contribution is 0.583. The lowest BCUT2D eigenvalue weighted by Gasteiger charge is -2.13. The second-order valence-corrected chi connectivity index (χ2v) is 6.75. The number of hydrogen-bond acceptors (Lipinski definition) is 2. The predicted octanol–water partition coefficient (Wildman–Crippen LogP) is 5.22. The Morgan fingerprint density at radius 1 is 1.29 bits per heavy atom. The summed E-state index contributed by atoms with van der Waals surface area (Å²) >= 11 is 6.12. The molecule has 3 nitrogen and oxygen atoms in total. The molecule has 4 heteroatoms. The number of benzene rings is 1. The number of nitrogens with two attached hydrogens (primary N) is 1. The quantitative estimate of drug-likeness (QED) is 0.668. The van der Waals surface area contributed by atoms with Gasteiger partial charge >= 0.3 is 0 Å². The molecule has 0 radical (unpaired) electrons. The normalized spacial score (nSPS) is 12.7. The minimum atomic E-state index is 0.521. The van der Waals surface area contributed by atoms with E-state index in [0.29, 0.717) is 5.92 Å². The predicted molar refractivity (Wildman–Crippen MR) is 102 cm³/mol. The van der Waals surface area contributed by atoms with Crippen molar-refractivity contribution >= 4 is 22.5 Å². The van der Waals surface area contributed by atoms with Crippen molar-refractivity contribution < 1.29 is 0 Å². The van der Waals surface area contributed by atoms with Crippen LogP contribution in [0.5, 0.6) is 0 Å². The van der Waals surface area contributed by atoms with Gasteiger partial charge in [-0.1, -0.05) is 18.5 Å². The van der Waals surface area contributed by atoms with Crippen molar-refractivity contribution in [1.82, 2.24) is 9.55 Å². The summed E-state index contributed by atoms with van der Waals surface area (Å²) in [6, 6.07) is 8.15. The van der Waals surface area contributed by atoms with Crippen molar-refractivity contribution in [3.63, 3.8) is 0 Å². The Hall–Kier alpha value is -1.84. The molecule has 0 aliphatic carbocycles. The highest BCUT2D eigenvalue weighted by Crippen LogP contribution is 2.34. The van der Waals surface area contributed by atoms with E-state index in [1.165, 1.54) is 10.9 Å². The molecule has 0 amide bonds. The molecule has 3 aromatic rings. The maximum atomic E-state index is 6.12. The van der Waals surface area contributed by atoms with Crippen LogP contribution in [0.3, 0.4) is 0 Å². The maximum Gasteiger partial charge on any atom is 0.0715 e. The first kappa shape index (κ1) is 17.0. The van der Waals surface area contributed by atoms with E-state index in [2.05, 4.69) is 41.7 Å². The molecule has 0 spiro atoms. The lowest BCUT2D eigenvalue weighted by Crippen LogP contribution is -2.03. The highest BCUT2D eigenvalue weighted by molar-refractivity contribution is 6.30. The summed E-state index contributed by atoms with van der Waals surface area (Å²) < 4.78 is 2.24. The molecule has 1 aromatic carbocycles. The van der Waals surface area contributed by atoms with Crippen LogP contribution in [-0.4, -0.2) is 16.1 Å². The van der Waals surface area contributed by atoms with Crippen LogP contribution in [-0.2, 0) is 0 Å². The largest absolute Gasteiger partial charge is 0.330 e. The van der Waals surface area contributed by atoms with Crippen molar-refractivity contribution in [2.75, 3.05) is 6.54 Å². The third-order valence-corrected chi connectivity index (χ3v) is 4.98. The molecular formula is C20H24ClN3. The molecule has 2 aromatic heterocycles. The van der Waals surface area contributed by atoms with Crippen LogP contribution in [0.4, 0.5) is 0 Å². The van der Waals surface area contributed by atoms with E-state index in [1.807, 2.05) is 24.5 Å². The molecule has 0 bridgehead atoms. The van der Waals surface area contributed by atoms with Gasteiger partial charge in [0.15, 0.2) is 0 Å². The fourth-order valence-corrected chi connectivity index (χ4v) is 3.68. The fourth-order valence-electron chi connectivity index (χ4n) is 3.46. The molecule has 24 heavy (non-hydrogen) atoms. The van der Waals surface area contributed by atoms with Crippen molar-refractivity contribution in [2.24, 2.45) is 5.73 Å². The molecule has 126 valence electrons. The third-order valence-electron chi connectivity index (χ3n) is 4.75. The summed E-state index contributed by atoms with van der Waals surface area (Å²) in [5.41, 5.74) is 10.6. The Morgan fingerprint density at radius 2 is 2.12 bits per heavy atom. The van der Waals surface area contributed by atoms with E-state index in [1.54, 1.807) is 0 Å². The van der Waals surface area contributed by atoms with Crippen LogP contribution in [0, 0.1) is 6.92 Å². The second-order valence-electron chi connectivity index (χ2n) is 6.31. The van der Waals surface area contributed by atoms with Gasteiger partial charge in [-0.15, -0.1) is 0 Å². The van der Waals surface area contributed by atoms with Gasteiger partial charge in [0.05, 0.1) is 11.7 Å². The van der Waals surface area contributed by atoms with Gasteiger partial charge in [-0.2, -0.15) is 0 Å². The summed E-state index contributed by atoms with van der Waals surface area (Å²) in [6.07, 6.45) is 9.38. The van der Waals surface area contributed by atoms with E-state index in [9.17, 15) is 0 Å². The fraction of sp³-hybridized carbons (Fsp3) is 0.350. The number of aryl methyl sites for hydroxylation is 1. The smallest absolute Gasteiger partial charge is 0.0715 e. The first-order valence-electron chi connectivity index (χ1n) is 8.57. The van der Waals surface area contributed by atoms with Gasteiger partial charge in [0.1, 0.15) is 0 Å². The Balaban J connectivity index is 2.16. The minimum Gasteiger partial charge on any atom is -0.330 e. The van der Waals surface area contributed by atoms with E-state index < -0.39 is 0 Å². The Kier molecular flexibility index (Phi) is 5.22. The minimum absolute atomic E-state index is 0.521. The van der Waals surface area contributed by atoms with Crippen LogP contribution in [0.2, 0.25) is 5.02 Å². The van der Waals surface area contributed by atoms with Crippen LogP contribution in [0.15, 0.2) is 42.9 Å². The van der Waals surface area contributed by atoms with Crippen LogP contribution >= 0.6 is 11.6 Å². The summed E-state index contributed by atoms with van der Waals surface area (Å²) in [6.45, 7) is 5.08. The van der Waals surface area contributed by atoms with Crippen molar-refractivity contribution in [2.45, 2.75) is 39.0 Å². The lowest BCUT2D eigenvalue weighted by atomic mass is 9.92. The summed E-state index contributed by atoms with van der Waals surface area (Å²) in [5, 5.41) is 2.05. The SMILES string of the molecule is CCC(CCCN)c1cn(-c2ccc(Cl)cc2C)c2cnccc12. The molecule has 0 fully saturated rings. The zero-order valence-corrected chi connectivity index (χ0v) is 15.1. The van der Waals surface area contributed by atoms with Crippen LogP contribution in [0.1, 0.15) is 43.2 Å². The monoisotopic (exact) mass is 341 g/mol. The van der Waals surface area contributed by atoms with Gasteiger partial charge in [0.25, 0.3) is 0 Å². The van der Waals surface area contributed by atoms with E-state index in [0.717, 1.165) is 47.6 Å². The first-order valence-corrected chi connectivity index (χ1v) is 8.95. The van der Waals surface area contributed by atoms with Gasteiger partial charge in [-0.25, -0.2) is 0 Å². The number of nitrogens with zero attached hydrogens (tertiary/aromatic N) is 2. The van der Waals surface area contributed by atoms with Gasteiger partial charge in [-0.3, -0.25) is 4.98 Å². The zero-order valence-electron chi connectivity index (χ0n) is 14.3. The number of aromatic nitrogens is 2. The van der Waals surface area contributed by atoms with Gasteiger partial charge in [0.2, 0.25) is 0 Å². The molecule has 1 unspecified atom stereocenters. The molecule has 0 aliphatic heterocycles. The van der Waals surface area contributed by atoms with Gasteiger partial charge in [0, 0.05) is 28.5 Å². The molecule has 0 aliphatic rings. The number of hydrogen-bond donors (Lipinski definition) is 1. The topological polar surface area (TPSA) is 43.8 Å². The highest BCUT2D eigenvalue weighted by Gasteiger charge is 2.17. The van der Waals surface area contributed by atoms with Crippen LogP contribution in [0.25, 0.3) is 16.6 Å². The Morgan fingerprint density at radius 3 is 2.83 bits per heavy atom. The molecule has 2 heterocycles. The standard InChI is InChI=1S/C20H24ClN3/c1-3-15(5-4-9-22)18-13-24(20-12-23-10-8-17(18)20)19-7-6-16(21)11-14(19)2/h6-8,10-13,15H,3-5,9,22H2,1-2H3. The second kappa shape index (κ2) is 7.37. The summed E-state index contributed by atoms with van der Waals surface area (Å²) in [4.78, 5) is 4.34. The molecule has 2 N–H and O–H groups in total. The van der Waals surface area contributed by atoms with Crippen molar-refractivity contribution in [3.05, 3.63) is 59.0 Å². The number of rotatable bonds is 6. The Bertz CT molecular complexity index is 838. The summed E-state index contributed by atoms with van der Waals surface area (Å²) in [5.74, 6) is 0.521. The number of pyridine rings is 1. The zero-order chi connectivity index (χ0) is 17.1. The first-order chi connectivity index (χ1) is 11.7. The van der Waals surface area contributed by atoms with E-state index >= 15 is 0 Å². The van der Waals surface area contributed by atoms with Crippen molar-refractivity contribution in [1.29, 1.82) is 0 Å². The van der Waals surface area contributed by atoms with Gasteiger partial charge in [-0.05, 0) is 74.0 Å². The molecule has 3 rings (SSSR count). The highest BCUT2D eigenvalue weighted by atomic mass is 35.5. The average molecular weight is 342 g/mol. The molecule has 0 saturated heterocycles. The van der Waals surface area contributed by atoms with E-state index in [4.69, 9.17) is 17.3 Å².